The third-order valence-corrected chi connectivity index (χ3v) is 4.33. The summed E-state index contributed by atoms with van der Waals surface area (Å²) in [5, 5.41) is 1.20. The van der Waals surface area contributed by atoms with Gasteiger partial charge in [-0.25, -0.2) is 0 Å². The van der Waals surface area contributed by atoms with Crippen molar-refractivity contribution in [3.63, 3.8) is 0 Å². The van der Waals surface area contributed by atoms with E-state index in [2.05, 4.69) is 6.92 Å². The van der Waals surface area contributed by atoms with Gasteiger partial charge < -0.3 is 0 Å². The molecule has 0 spiro atoms. The third-order valence-electron chi connectivity index (χ3n) is 3.75. The summed E-state index contributed by atoms with van der Waals surface area (Å²) in [6, 6.07) is 5.33. The van der Waals surface area contributed by atoms with Crippen LogP contribution in [0.25, 0.3) is 0 Å². The standard InChI is InChI=1S/C14H16Cl2O/c1-14(6-2-3-7-14)13(17)8-10-4-5-11(15)9-12(10)16/h4-5,9H,2-3,6-8H2,1H3. The fourth-order valence-electron chi connectivity index (χ4n) is 2.49. The Morgan fingerprint density at radius 1 is 1.29 bits per heavy atom. The molecule has 1 saturated carbocycles. The Hall–Kier alpha value is -0.530. The van der Waals surface area contributed by atoms with Gasteiger partial charge in [-0.1, -0.05) is 49.0 Å². The molecule has 0 heterocycles. The van der Waals surface area contributed by atoms with Crippen LogP contribution in [-0.2, 0) is 11.2 Å². The zero-order valence-electron chi connectivity index (χ0n) is 9.93. The highest BCUT2D eigenvalue weighted by Gasteiger charge is 2.35. The molecule has 2 rings (SSSR count). The normalized spacial score (nSPS) is 18.3. The molecule has 0 aromatic heterocycles. The number of rotatable bonds is 3. The van der Waals surface area contributed by atoms with E-state index in [1.165, 1.54) is 0 Å². The van der Waals surface area contributed by atoms with Gasteiger partial charge in [-0.05, 0) is 30.5 Å². The lowest BCUT2D eigenvalue weighted by Crippen LogP contribution is -2.26. The van der Waals surface area contributed by atoms with Gasteiger partial charge in [-0.15, -0.1) is 0 Å². The van der Waals surface area contributed by atoms with Gasteiger partial charge in [0.25, 0.3) is 0 Å². The van der Waals surface area contributed by atoms with Crippen LogP contribution < -0.4 is 0 Å². The van der Waals surface area contributed by atoms with Crippen LogP contribution in [0.4, 0.5) is 0 Å². The Morgan fingerprint density at radius 3 is 2.53 bits per heavy atom. The molecule has 17 heavy (non-hydrogen) atoms. The molecule has 0 atom stereocenters. The molecule has 1 aromatic carbocycles. The number of carbonyl (C=O) groups is 1. The molecule has 0 unspecified atom stereocenters. The Labute approximate surface area is 112 Å². The van der Waals surface area contributed by atoms with Crippen LogP contribution in [0.1, 0.15) is 38.2 Å². The summed E-state index contributed by atoms with van der Waals surface area (Å²) in [5.74, 6) is 0.305. The Bertz CT molecular complexity index is 434. The molecule has 0 aliphatic heterocycles. The molecular weight excluding hydrogens is 255 g/mol. The fraction of sp³-hybridized carbons (Fsp3) is 0.500. The van der Waals surface area contributed by atoms with Crippen molar-refractivity contribution in [3.05, 3.63) is 33.8 Å². The molecule has 1 fully saturated rings. The van der Waals surface area contributed by atoms with Gasteiger partial charge in [0.1, 0.15) is 5.78 Å². The number of hydrogen-bond donors (Lipinski definition) is 0. The van der Waals surface area contributed by atoms with Crippen LogP contribution in [-0.4, -0.2) is 5.78 Å². The summed E-state index contributed by atoms with van der Waals surface area (Å²) in [6.45, 7) is 2.08. The van der Waals surface area contributed by atoms with Crippen molar-refractivity contribution >= 4 is 29.0 Å². The van der Waals surface area contributed by atoms with Crippen molar-refractivity contribution < 1.29 is 4.79 Å². The zero-order valence-corrected chi connectivity index (χ0v) is 11.4. The second-order valence-corrected chi connectivity index (χ2v) is 5.95. The maximum atomic E-state index is 12.3. The highest BCUT2D eigenvalue weighted by molar-refractivity contribution is 6.35. The highest BCUT2D eigenvalue weighted by atomic mass is 35.5. The van der Waals surface area contributed by atoms with E-state index in [9.17, 15) is 4.79 Å². The van der Waals surface area contributed by atoms with E-state index in [0.29, 0.717) is 22.2 Å². The molecule has 1 nitrogen and oxygen atoms in total. The summed E-state index contributed by atoms with van der Waals surface area (Å²) >= 11 is 11.9. The molecule has 1 aliphatic carbocycles. The third kappa shape index (κ3) is 2.83. The smallest absolute Gasteiger partial charge is 0.143 e. The van der Waals surface area contributed by atoms with E-state index in [1.54, 1.807) is 12.1 Å². The van der Waals surface area contributed by atoms with Gasteiger partial charge in [0.2, 0.25) is 0 Å². The number of carbonyl (C=O) groups excluding carboxylic acids is 1. The van der Waals surface area contributed by atoms with Gasteiger partial charge in [-0.2, -0.15) is 0 Å². The molecule has 92 valence electrons. The first-order chi connectivity index (χ1) is 8.01. The predicted octanol–water partition coefficient (Wildman–Crippen LogP) is 4.69. The van der Waals surface area contributed by atoms with Crippen molar-refractivity contribution in [1.82, 2.24) is 0 Å². The summed E-state index contributed by atoms with van der Waals surface area (Å²) in [6.07, 6.45) is 4.77. The van der Waals surface area contributed by atoms with E-state index in [1.807, 2.05) is 6.07 Å². The maximum Gasteiger partial charge on any atom is 0.143 e. The SMILES string of the molecule is CC1(C(=O)Cc2ccc(Cl)cc2Cl)CCCC1. The first-order valence-electron chi connectivity index (χ1n) is 5.98. The van der Waals surface area contributed by atoms with Gasteiger partial charge in [0, 0.05) is 21.9 Å². The summed E-state index contributed by atoms with van der Waals surface area (Å²) in [5.41, 5.74) is 0.748. The van der Waals surface area contributed by atoms with Gasteiger partial charge in [0.15, 0.2) is 0 Å². The van der Waals surface area contributed by atoms with Crippen LogP contribution in [0.3, 0.4) is 0 Å². The summed E-state index contributed by atoms with van der Waals surface area (Å²) in [7, 11) is 0. The number of hydrogen-bond acceptors (Lipinski definition) is 1. The quantitative estimate of drug-likeness (QED) is 0.779. The second kappa shape index (κ2) is 4.99. The van der Waals surface area contributed by atoms with Crippen LogP contribution in [0.2, 0.25) is 10.0 Å². The summed E-state index contributed by atoms with van der Waals surface area (Å²) < 4.78 is 0. The number of Topliss-reactive ketones (excluding diaryl/α,β-unsaturated/α-hetero) is 1. The van der Waals surface area contributed by atoms with E-state index in [0.717, 1.165) is 31.2 Å². The number of benzene rings is 1. The minimum absolute atomic E-state index is 0.136. The second-order valence-electron chi connectivity index (χ2n) is 5.10. The molecule has 1 aliphatic rings. The van der Waals surface area contributed by atoms with Gasteiger partial charge in [-0.3, -0.25) is 4.79 Å². The lowest BCUT2D eigenvalue weighted by molar-refractivity contribution is -0.126. The largest absolute Gasteiger partial charge is 0.299 e. The van der Waals surface area contributed by atoms with Crippen LogP contribution in [0.15, 0.2) is 18.2 Å². The molecule has 0 bridgehead atoms. The fourth-order valence-corrected chi connectivity index (χ4v) is 2.96. The summed E-state index contributed by atoms with van der Waals surface area (Å²) in [4.78, 5) is 12.3. The topological polar surface area (TPSA) is 17.1 Å². The minimum Gasteiger partial charge on any atom is -0.299 e. The van der Waals surface area contributed by atoms with Gasteiger partial charge >= 0.3 is 0 Å². The first kappa shape index (κ1) is 12.9. The van der Waals surface area contributed by atoms with Crippen LogP contribution >= 0.6 is 23.2 Å². The number of halogens is 2. The van der Waals surface area contributed by atoms with Crippen molar-refractivity contribution in [3.8, 4) is 0 Å². The van der Waals surface area contributed by atoms with Crippen molar-refractivity contribution in [1.29, 1.82) is 0 Å². The molecule has 0 amide bonds. The van der Waals surface area contributed by atoms with E-state index < -0.39 is 0 Å². The first-order valence-corrected chi connectivity index (χ1v) is 6.74. The molecule has 3 heteroatoms. The average molecular weight is 271 g/mol. The molecule has 0 N–H and O–H groups in total. The Balaban J connectivity index is 2.13. The Morgan fingerprint density at radius 2 is 1.94 bits per heavy atom. The van der Waals surface area contributed by atoms with Crippen molar-refractivity contribution in [2.24, 2.45) is 5.41 Å². The predicted molar refractivity (Wildman–Crippen MR) is 71.7 cm³/mol. The zero-order chi connectivity index (χ0) is 12.5. The Kier molecular flexibility index (Phi) is 3.79. The molecule has 1 aromatic rings. The maximum absolute atomic E-state index is 12.3. The lowest BCUT2D eigenvalue weighted by atomic mass is 9.81. The minimum atomic E-state index is -0.136. The monoisotopic (exact) mass is 270 g/mol. The van der Waals surface area contributed by atoms with Crippen molar-refractivity contribution in [2.75, 3.05) is 0 Å². The lowest BCUT2D eigenvalue weighted by Gasteiger charge is -2.21. The van der Waals surface area contributed by atoms with Crippen LogP contribution in [0.5, 0.6) is 0 Å². The van der Waals surface area contributed by atoms with Crippen molar-refractivity contribution in [2.45, 2.75) is 39.0 Å². The highest BCUT2D eigenvalue weighted by Crippen LogP contribution is 2.39. The van der Waals surface area contributed by atoms with E-state index in [4.69, 9.17) is 23.2 Å². The molecular formula is C14H16Cl2O. The van der Waals surface area contributed by atoms with E-state index in [-0.39, 0.29) is 5.41 Å². The average Bonchev–Trinajstić information content (AvgIpc) is 2.71. The number of ketones is 1. The molecule has 0 radical (unpaired) electrons. The van der Waals surface area contributed by atoms with Crippen LogP contribution in [0, 0.1) is 5.41 Å². The van der Waals surface area contributed by atoms with Gasteiger partial charge in [0.05, 0.1) is 0 Å². The van der Waals surface area contributed by atoms with E-state index >= 15 is 0 Å². The molecule has 0 saturated heterocycles.